The van der Waals surface area contributed by atoms with Crippen molar-refractivity contribution in [1.82, 2.24) is 4.90 Å². The van der Waals surface area contributed by atoms with E-state index in [0.717, 1.165) is 13.1 Å². The first kappa shape index (κ1) is 13.2. The fraction of sp³-hybridized carbons (Fsp3) is 0.909. The van der Waals surface area contributed by atoms with Gasteiger partial charge in [0.05, 0.1) is 5.25 Å². The van der Waals surface area contributed by atoms with Gasteiger partial charge in [0, 0.05) is 23.6 Å². The third-order valence-electron chi connectivity index (χ3n) is 2.62. The molecule has 0 bridgehead atoms. The number of thioether (sulfide) groups is 1. The molecule has 0 aliphatic carbocycles. The van der Waals surface area contributed by atoms with Crippen LogP contribution in [0.3, 0.4) is 0 Å². The SMILES string of the molecule is CC1CN(C(=O)C(S)C(C)C)CC(C)S1. The summed E-state index contributed by atoms with van der Waals surface area (Å²) in [6.45, 7) is 10.2. The first-order valence-electron chi connectivity index (χ1n) is 5.54. The third kappa shape index (κ3) is 3.59. The largest absolute Gasteiger partial charge is 0.340 e. The Hall–Kier alpha value is 0.170. The molecule has 4 heteroatoms. The molecule has 0 saturated carbocycles. The summed E-state index contributed by atoms with van der Waals surface area (Å²) in [6, 6.07) is 0. The summed E-state index contributed by atoms with van der Waals surface area (Å²) in [5, 5.41) is 0.947. The standard InChI is InChI=1S/C11H21NOS2/c1-7(2)10(14)11(13)12-5-8(3)15-9(4)6-12/h7-10,14H,5-6H2,1-4H3. The van der Waals surface area contributed by atoms with Crippen LogP contribution in [0.25, 0.3) is 0 Å². The summed E-state index contributed by atoms with van der Waals surface area (Å²) in [4.78, 5) is 14.0. The summed E-state index contributed by atoms with van der Waals surface area (Å²) in [7, 11) is 0. The Kier molecular flexibility index (Phi) is 4.84. The van der Waals surface area contributed by atoms with Crippen LogP contribution in [0, 0.1) is 5.92 Å². The van der Waals surface area contributed by atoms with E-state index in [4.69, 9.17) is 0 Å². The van der Waals surface area contributed by atoms with Crippen LogP contribution in [0.2, 0.25) is 0 Å². The lowest BCUT2D eigenvalue weighted by molar-refractivity contribution is -0.131. The zero-order valence-corrected chi connectivity index (χ0v) is 11.6. The van der Waals surface area contributed by atoms with Crippen LogP contribution in [-0.2, 0) is 4.79 Å². The Labute approximate surface area is 103 Å². The van der Waals surface area contributed by atoms with Crippen LogP contribution < -0.4 is 0 Å². The van der Waals surface area contributed by atoms with Crippen LogP contribution in [-0.4, -0.2) is 39.6 Å². The molecule has 0 spiro atoms. The van der Waals surface area contributed by atoms with Crippen molar-refractivity contribution >= 4 is 30.3 Å². The van der Waals surface area contributed by atoms with Gasteiger partial charge in [-0.25, -0.2) is 0 Å². The first-order valence-corrected chi connectivity index (χ1v) is 7.00. The maximum atomic E-state index is 12.1. The van der Waals surface area contributed by atoms with Crippen LogP contribution in [0.15, 0.2) is 0 Å². The van der Waals surface area contributed by atoms with Gasteiger partial charge in [0.15, 0.2) is 0 Å². The second-order valence-electron chi connectivity index (χ2n) is 4.69. The van der Waals surface area contributed by atoms with Gasteiger partial charge < -0.3 is 4.90 Å². The van der Waals surface area contributed by atoms with Crippen molar-refractivity contribution in [3.05, 3.63) is 0 Å². The van der Waals surface area contributed by atoms with Crippen molar-refractivity contribution in [3.8, 4) is 0 Å². The summed E-state index contributed by atoms with van der Waals surface area (Å²) in [5.41, 5.74) is 0. The van der Waals surface area contributed by atoms with Gasteiger partial charge in [-0.1, -0.05) is 27.7 Å². The molecule has 0 N–H and O–H groups in total. The second kappa shape index (κ2) is 5.48. The van der Waals surface area contributed by atoms with Gasteiger partial charge in [-0.05, 0) is 5.92 Å². The van der Waals surface area contributed by atoms with E-state index < -0.39 is 0 Å². The van der Waals surface area contributed by atoms with Crippen molar-refractivity contribution in [2.45, 2.75) is 43.4 Å². The Morgan fingerprint density at radius 3 is 2.20 bits per heavy atom. The van der Waals surface area contributed by atoms with Gasteiger partial charge in [-0.2, -0.15) is 24.4 Å². The number of carbonyl (C=O) groups is 1. The summed E-state index contributed by atoms with van der Waals surface area (Å²) >= 11 is 6.35. The topological polar surface area (TPSA) is 20.3 Å². The molecule has 3 atom stereocenters. The Bertz CT molecular complexity index is 223. The molecule has 1 saturated heterocycles. The number of amides is 1. The van der Waals surface area contributed by atoms with Crippen LogP contribution >= 0.6 is 24.4 Å². The van der Waals surface area contributed by atoms with E-state index in [9.17, 15) is 4.79 Å². The molecule has 1 amide bonds. The van der Waals surface area contributed by atoms with E-state index in [1.807, 2.05) is 30.5 Å². The van der Waals surface area contributed by atoms with E-state index in [-0.39, 0.29) is 11.2 Å². The smallest absolute Gasteiger partial charge is 0.235 e. The molecule has 1 aliphatic heterocycles. The fourth-order valence-electron chi connectivity index (χ4n) is 1.83. The maximum Gasteiger partial charge on any atom is 0.235 e. The number of hydrogen-bond donors (Lipinski definition) is 1. The van der Waals surface area contributed by atoms with Gasteiger partial charge in [0.25, 0.3) is 0 Å². The van der Waals surface area contributed by atoms with Gasteiger partial charge in [-0.15, -0.1) is 0 Å². The van der Waals surface area contributed by atoms with Crippen molar-refractivity contribution in [2.75, 3.05) is 13.1 Å². The molecule has 88 valence electrons. The minimum absolute atomic E-state index is 0.146. The molecule has 1 fully saturated rings. The van der Waals surface area contributed by atoms with Crippen molar-refractivity contribution in [1.29, 1.82) is 0 Å². The monoisotopic (exact) mass is 247 g/mol. The van der Waals surface area contributed by atoms with Crippen molar-refractivity contribution < 1.29 is 4.79 Å². The highest BCUT2D eigenvalue weighted by molar-refractivity contribution is 8.00. The number of carbonyl (C=O) groups excluding carboxylic acids is 1. The molecule has 0 radical (unpaired) electrons. The molecule has 15 heavy (non-hydrogen) atoms. The highest BCUT2D eigenvalue weighted by atomic mass is 32.2. The lowest BCUT2D eigenvalue weighted by Crippen LogP contribution is -2.47. The molecule has 2 nitrogen and oxygen atoms in total. The van der Waals surface area contributed by atoms with Crippen LogP contribution in [0.4, 0.5) is 0 Å². The zero-order chi connectivity index (χ0) is 11.6. The molecular formula is C11H21NOS2. The number of nitrogens with zero attached hydrogens (tertiary/aromatic N) is 1. The minimum atomic E-state index is -0.146. The van der Waals surface area contributed by atoms with Gasteiger partial charge in [0.1, 0.15) is 0 Å². The van der Waals surface area contributed by atoms with E-state index in [1.165, 1.54) is 0 Å². The number of hydrogen-bond acceptors (Lipinski definition) is 3. The Morgan fingerprint density at radius 1 is 1.33 bits per heavy atom. The molecule has 0 aromatic carbocycles. The first-order chi connectivity index (χ1) is 6.91. The van der Waals surface area contributed by atoms with Gasteiger partial charge in [-0.3, -0.25) is 4.79 Å². The molecular weight excluding hydrogens is 226 g/mol. The van der Waals surface area contributed by atoms with Crippen molar-refractivity contribution in [3.63, 3.8) is 0 Å². The Balaban J connectivity index is 2.59. The van der Waals surface area contributed by atoms with Gasteiger partial charge in [0.2, 0.25) is 5.91 Å². The second-order valence-corrected chi connectivity index (χ2v) is 7.13. The molecule has 1 heterocycles. The quantitative estimate of drug-likeness (QED) is 0.756. The predicted molar refractivity (Wildman–Crippen MR) is 70.7 cm³/mol. The molecule has 0 aromatic heterocycles. The third-order valence-corrected chi connectivity index (χ3v) is 4.66. The number of thiol groups is 1. The van der Waals surface area contributed by atoms with Crippen molar-refractivity contribution in [2.24, 2.45) is 5.92 Å². The average Bonchev–Trinajstić information content (AvgIpc) is 2.13. The molecule has 1 aliphatic rings. The summed E-state index contributed by atoms with van der Waals surface area (Å²) < 4.78 is 0. The zero-order valence-electron chi connectivity index (χ0n) is 9.93. The highest BCUT2D eigenvalue weighted by Crippen LogP contribution is 2.26. The average molecular weight is 247 g/mol. The lowest BCUT2D eigenvalue weighted by atomic mass is 10.1. The molecule has 3 unspecified atom stereocenters. The van der Waals surface area contributed by atoms with Gasteiger partial charge >= 0.3 is 0 Å². The lowest BCUT2D eigenvalue weighted by Gasteiger charge is -2.36. The Morgan fingerprint density at radius 2 is 1.80 bits per heavy atom. The summed E-state index contributed by atoms with van der Waals surface area (Å²) in [6.07, 6.45) is 0. The highest BCUT2D eigenvalue weighted by Gasteiger charge is 2.29. The fourth-order valence-corrected chi connectivity index (χ4v) is 3.32. The number of rotatable bonds is 2. The van der Waals surface area contributed by atoms with E-state index in [2.05, 4.69) is 26.5 Å². The van der Waals surface area contributed by atoms with E-state index in [0.29, 0.717) is 16.4 Å². The van der Waals surface area contributed by atoms with Crippen LogP contribution in [0.5, 0.6) is 0 Å². The molecule has 1 rings (SSSR count). The summed E-state index contributed by atoms with van der Waals surface area (Å²) in [5.74, 6) is 0.508. The van der Waals surface area contributed by atoms with E-state index in [1.54, 1.807) is 0 Å². The minimum Gasteiger partial charge on any atom is -0.340 e. The van der Waals surface area contributed by atoms with E-state index >= 15 is 0 Å². The molecule has 0 aromatic rings. The predicted octanol–water partition coefficient (Wildman–Crippen LogP) is 2.29. The maximum absolute atomic E-state index is 12.1. The normalized spacial score (nSPS) is 29.3. The van der Waals surface area contributed by atoms with Crippen LogP contribution in [0.1, 0.15) is 27.7 Å².